The van der Waals surface area contributed by atoms with Crippen molar-refractivity contribution in [2.24, 2.45) is 0 Å². The van der Waals surface area contributed by atoms with Crippen molar-refractivity contribution in [2.75, 3.05) is 17.7 Å². The standard InChI is InChI=1S/C16H19N3S/c1-12(10-15-4-3-9-20-15)19(2)14-5-6-16(18)13(11-14)7-8-17/h3-6,9,11-12H,7,10,18H2,1-2H3. The lowest BCUT2D eigenvalue weighted by atomic mass is 10.1. The van der Waals surface area contributed by atoms with E-state index in [9.17, 15) is 0 Å². The molecule has 2 aromatic rings. The van der Waals surface area contributed by atoms with Gasteiger partial charge in [0.2, 0.25) is 0 Å². The van der Waals surface area contributed by atoms with Crippen molar-refractivity contribution >= 4 is 22.7 Å². The van der Waals surface area contributed by atoms with E-state index in [1.807, 2.05) is 18.2 Å². The van der Waals surface area contributed by atoms with Crippen LogP contribution in [0.4, 0.5) is 11.4 Å². The lowest BCUT2D eigenvalue weighted by molar-refractivity contribution is 0.688. The zero-order chi connectivity index (χ0) is 14.5. The average molecular weight is 285 g/mol. The molecule has 0 fully saturated rings. The first kappa shape index (κ1) is 14.4. The summed E-state index contributed by atoms with van der Waals surface area (Å²) in [5, 5.41) is 10.9. The van der Waals surface area contributed by atoms with Crippen LogP contribution in [0.3, 0.4) is 0 Å². The van der Waals surface area contributed by atoms with Gasteiger partial charge in [0.05, 0.1) is 12.5 Å². The second kappa shape index (κ2) is 6.44. The summed E-state index contributed by atoms with van der Waals surface area (Å²) in [7, 11) is 2.08. The molecule has 3 nitrogen and oxygen atoms in total. The molecule has 0 aliphatic rings. The van der Waals surface area contributed by atoms with Crippen LogP contribution in [0.25, 0.3) is 0 Å². The molecule has 0 amide bonds. The highest BCUT2D eigenvalue weighted by molar-refractivity contribution is 7.09. The Bertz CT molecular complexity index is 599. The third kappa shape index (κ3) is 3.31. The molecule has 0 saturated heterocycles. The van der Waals surface area contributed by atoms with Crippen LogP contribution in [0, 0.1) is 11.3 Å². The van der Waals surface area contributed by atoms with Gasteiger partial charge in [-0.15, -0.1) is 11.3 Å². The van der Waals surface area contributed by atoms with Gasteiger partial charge in [-0.05, 0) is 42.1 Å². The van der Waals surface area contributed by atoms with E-state index in [2.05, 4.69) is 42.5 Å². The Balaban J connectivity index is 2.14. The Hall–Kier alpha value is -1.99. The first-order valence-electron chi connectivity index (χ1n) is 6.62. The summed E-state index contributed by atoms with van der Waals surface area (Å²) in [6.45, 7) is 2.21. The quantitative estimate of drug-likeness (QED) is 0.856. The van der Waals surface area contributed by atoms with Crippen molar-refractivity contribution in [3.63, 3.8) is 0 Å². The maximum Gasteiger partial charge on any atom is 0.0670 e. The van der Waals surface area contributed by atoms with Crippen molar-refractivity contribution in [2.45, 2.75) is 25.8 Å². The topological polar surface area (TPSA) is 53.0 Å². The summed E-state index contributed by atoms with van der Waals surface area (Å²) in [6, 6.07) is 12.7. The van der Waals surface area contributed by atoms with Crippen molar-refractivity contribution in [3.8, 4) is 6.07 Å². The van der Waals surface area contributed by atoms with E-state index in [-0.39, 0.29) is 0 Å². The summed E-state index contributed by atoms with van der Waals surface area (Å²) in [4.78, 5) is 3.62. The number of nitrogens with two attached hydrogens (primary N) is 1. The van der Waals surface area contributed by atoms with Crippen LogP contribution in [0.5, 0.6) is 0 Å². The fourth-order valence-electron chi connectivity index (χ4n) is 2.16. The molecule has 20 heavy (non-hydrogen) atoms. The van der Waals surface area contributed by atoms with E-state index in [4.69, 9.17) is 11.0 Å². The molecule has 0 radical (unpaired) electrons. The summed E-state index contributed by atoms with van der Waals surface area (Å²) in [5.74, 6) is 0. The minimum Gasteiger partial charge on any atom is -0.398 e. The largest absolute Gasteiger partial charge is 0.398 e. The third-order valence-corrected chi connectivity index (χ3v) is 4.44. The number of nitriles is 1. The number of rotatable bonds is 5. The Morgan fingerprint density at radius 1 is 1.40 bits per heavy atom. The molecular weight excluding hydrogens is 266 g/mol. The maximum atomic E-state index is 8.84. The average Bonchev–Trinajstić information content (AvgIpc) is 2.93. The summed E-state index contributed by atoms with van der Waals surface area (Å²) < 4.78 is 0. The van der Waals surface area contributed by atoms with E-state index < -0.39 is 0 Å². The molecular formula is C16H19N3S. The maximum absolute atomic E-state index is 8.84. The smallest absolute Gasteiger partial charge is 0.0670 e. The number of likely N-dealkylation sites (N-methyl/N-ethyl adjacent to an activating group) is 1. The van der Waals surface area contributed by atoms with Crippen molar-refractivity contribution < 1.29 is 0 Å². The zero-order valence-electron chi connectivity index (χ0n) is 11.8. The predicted molar refractivity (Wildman–Crippen MR) is 86.1 cm³/mol. The summed E-state index contributed by atoms with van der Waals surface area (Å²) >= 11 is 1.79. The number of hydrogen-bond donors (Lipinski definition) is 1. The van der Waals surface area contributed by atoms with Gasteiger partial charge in [0.15, 0.2) is 0 Å². The second-order valence-corrected chi connectivity index (χ2v) is 5.99. The van der Waals surface area contributed by atoms with E-state index in [0.29, 0.717) is 18.2 Å². The van der Waals surface area contributed by atoms with Gasteiger partial charge in [-0.1, -0.05) is 6.07 Å². The monoisotopic (exact) mass is 285 g/mol. The van der Waals surface area contributed by atoms with Gasteiger partial charge >= 0.3 is 0 Å². The summed E-state index contributed by atoms with van der Waals surface area (Å²) in [5.41, 5.74) is 8.59. The molecule has 1 aromatic carbocycles. The van der Waals surface area contributed by atoms with Gasteiger partial charge in [-0.3, -0.25) is 0 Å². The fourth-order valence-corrected chi connectivity index (χ4v) is 2.99. The van der Waals surface area contributed by atoms with Crippen LogP contribution in [-0.4, -0.2) is 13.1 Å². The molecule has 1 heterocycles. The number of hydrogen-bond acceptors (Lipinski definition) is 4. The second-order valence-electron chi connectivity index (χ2n) is 4.96. The number of benzene rings is 1. The number of anilines is 2. The normalized spacial score (nSPS) is 11.8. The molecule has 2 N–H and O–H groups in total. The minimum absolute atomic E-state index is 0.354. The molecule has 104 valence electrons. The van der Waals surface area contributed by atoms with Gasteiger partial charge in [0.1, 0.15) is 0 Å². The van der Waals surface area contributed by atoms with Crippen LogP contribution in [-0.2, 0) is 12.8 Å². The Labute approximate surface area is 124 Å². The van der Waals surface area contributed by atoms with Crippen LogP contribution < -0.4 is 10.6 Å². The molecule has 2 rings (SSSR count). The first-order valence-corrected chi connectivity index (χ1v) is 7.50. The molecule has 0 spiro atoms. The van der Waals surface area contributed by atoms with E-state index in [1.54, 1.807) is 11.3 Å². The molecule has 1 aromatic heterocycles. The van der Waals surface area contributed by atoms with E-state index in [1.165, 1.54) is 4.88 Å². The highest BCUT2D eigenvalue weighted by Gasteiger charge is 2.12. The fraction of sp³-hybridized carbons (Fsp3) is 0.312. The molecule has 0 saturated carbocycles. The minimum atomic E-state index is 0.354. The Morgan fingerprint density at radius 2 is 2.20 bits per heavy atom. The van der Waals surface area contributed by atoms with Gasteiger partial charge in [0.25, 0.3) is 0 Å². The van der Waals surface area contributed by atoms with Crippen molar-refractivity contribution in [1.82, 2.24) is 0 Å². The number of nitrogens with zero attached hydrogens (tertiary/aromatic N) is 2. The molecule has 0 aliphatic carbocycles. The molecule has 4 heteroatoms. The van der Waals surface area contributed by atoms with Crippen molar-refractivity contribution in [1.29, 1.82) is 5.26 Å². The van der Waals surface area contributed by atoms with Crippen LogP contribution in [0.2, 0.25) is 0 Å². The number of nitrogen functional groups attached to an aromatic ring is 1. The molecule has 1 unspecified atom stereocenters. The molecule has 1 atom stereocenters. The van der Waals surface area contributed by atoms with E-state index in [0.717, 1.165) is 17.7 Å². The van der Waals surface area contributed by atoms with Gasteiger partial charge in [-0.2, -0.15) is 5.26 Å². The Kier molecular flexibility index (Phi) is 4.65. The van der Waals surface area contributed by atoms with Crippen molar-refractivity contribution in [3.05, 3.63) is 46.2 Å². The Morgan fingerprint density at radius 3 is 2.85 bits per heavy atom. The predicted octanol–water partition coefficient (Wildman–Crippen LogP) is 3.46. The molecule has 0 aliphatic heterocycles. The lowest BCUT2D eigenvalue weighted by Crippen LogP contribution is -2.30. The van der Waals surface area contributed by atoms with Gasteiger partial charge < -0.3 is 10.6 Å². The van der Waals surface area contributed by atoms with Gasteiger partial charge in [-0.25, -0.2) is 0 Å². The zero-order valence-corrected chi connectivity index (χ0v) is 12.7. The van der Waals surface area contributed by atoms with Crippen LogP contribution in [0.15, 0.2) is 35.7 Å². The highest BCUT2D eigenvalue weighted by Crippen LogP contribution is 2.24. The number of thiophene rings is 1. The van der Waals surface area contributed by atoms with Crippen LogP contribution >= 0.6 is 11.3 Å². The highest BCUT2D eigenvalue weighted by atomic mass is 32.1. The third-order valence-electron chi connectivity index (χ3n) is 3.54. The van der Waals surface area contributed by atoms with E-state index >= 15 is 0 Å². The SMILES string of the molecule is CC(Cc1cccs1)N(C)c1ccc(N)c(CC#N)c1. The summed E-state index contributed by atoms with van der Waals surface area (Å²) in [6.07, 6.45) is 1.37. The molecule has 0 bridgehead atoms. The lowest BCUT2D eigenvalue weighted by Gasteiger charge is -2.27. The first-order chi connectivity index (χ1) is 9.61. The van der Waals surface area contributed by atoms with Gasteiger partial charge in [0, 0.05) is 35.8 Å². The van der Waals surface area contributed by atoms with Crippen LogP contribution in [0.1, 0.15) is 17.4 Å².